The summed E-state index contributed by atoms with van der Waals surface area (Å²) in [6.45, 7) is 4.33. The maximum atomic E-state index is 12.4. The highest BCUT2D eigenvalue weighted by Gasteiger charge is 2.30. The third-order valence-corrected chi connectivity index (χ3v) is 5.16. The number of halogens is 1. The van der Waals surface area contributed by atoms with Gasteiger partial charge in [-0.15, -0.1) is 0 Å². The lowest BCUT2D eigenvalue weighted by atomic mass is 10.2. The lowest BCUT2D eigenvalue weighted by Gasteiger charge is -2.21. The third-order valence-electron chi connectivity index (χ3n) is 4.91. The van der Waals surface area contributed by atoms with Crippen molar-refractivity contribution in [2.75, 3.05) is 32.7 Å². The van der Waals surface area contributed by atoms with Gasteiger partial charge in [0.05, 0.1) is 0 Å². The molecule has 5 nitrogen and oxygen atoms in total. The van der Waals surface area contributed by atoms with Gasteiger partial charge in [-0.05, 0) is 49.9 Å². The highest BCUT2D eigenvalue weighted by Crippen LogP contribution is 2.27. The molecule has 0 aromatic heterocycles. The Morgan fingerprint density at radius 3 is 2.56 bits per heavy atom. The van der Waals surface area contributed by atoms with Crippen LogP contribution in [0.1, 0.15) is 42.5 Å². The van der Waals surface area contributed by atoms with Gasteiger partial charge >= 0.3 is 0 Å². The topological polar surface area (TPSA) is 52.7 Å². The van der Waals surface area contributed by atoms with E-state index < -0.39 is 0 Å². The minimum atomic E-state index is -0.126. The second-order valence-electron chi connectivity index (χ2n) is 6.87. The molecular weight excluding hydrogens is 338 g/mol. The zero-order chi connectivity index (χ0) is 17.6. The van der Waals surface area contributed by atoms with Crippen molar-refractivity contribution in [1.82, 2.24) is 15.1 Å². The van der Waals surface area contributed by atoms with Crippen molar-refractivity contribution in [2.24, 2.45) is 0 Å². The molecule has 1 N–H and O–H groups in total. The molecule has 0 bridgehead atoms. The Kier molecular flexibility index (Phi) is 6.32. The maximum absolute atomic E-state index is 12.4. The van der Waals surface area contributed by atoms with Gasteiger partial charge in [0.25, 0.3) is 5.91 Å². The van der Waals surface area contributed by atoms with Crippen molar-refractivity contribution < 1.29 is 9.59 Å². The van der Waals surface area contributed by atoms with Gasteiger partial charge in [0, 0.05) is 55.8 Å². The Morgan fingerprint density at radius 1 is 1.08 bits per heavy atom. The molecule has 1 saturated carbocycles. The third kappa shape index (κ3) is 5.44. The zero-order valence-corrected chi connectivity index (χ0v) is 15.3. The fourth-order valence-electron chi connectivity index (χ4n) is 3.29. The average Bonchev–Trinajstić information content (AvgIpc) is 3.44. The lowest BCUT2D eigenvalue weighted by Crippen LogP contribution is -2.36. The van der Waals surface area contributed by atoms with E-state index in [1.165, 1.54) is 12.8 Å². The summed E-state index contributed by atoms with van der Waals surface area (Å²) in [5, 5.41) is 3.47. The van der Waals surface area contributed by atoms with Gasteiger partial charge in [0.2, 0.25) is 5.91 Å². The molecule has 1 aromatic rings. The summed E-state index contributed by atoms with van der Waals surface area (Å²) < 4.78 is 0. The number of nitrogens with one attached hydrogen (secondary N) is 1. The van der Waals surface area contributed by atoms with Crippen molar-refractivity contribution in [3.8, 4) is 0 Å². The molecule has 1 aromatic carbocycles. The second-order valence-corrected chi connectivity index (χ2v) is 7.30. The molecule has 0 unspecified atom stereocenters. The first-order valence-corrected chi connectivity index (χ1v) is 9.57. The van der Waals surface area contributed by atoms with Crippen molar-refractivity contribution in [3.63, 3.8) is 0 Å². The Labute approximate surface area is 154 Å². The fourth-order valence-corrected chi connectivity index (χ4v) is 3.42. The first kappa shape index (κ1) is 18.2. The number of amides is 2. The summed E-state index contributed by atoms with van der Waals surface area (Å²) in [4.78, 5) is 28.9. The van der Waals surface area contributed by atoms with E-state index in [2.05, 4.69) is 10.2 Å². The predicted molar refractivity (Wildman–Crippen MR) is 98.8 cm³/mol. The predicted octanol–water partition coefficient (Wildman–Crippen LogP) is 2.55. The van der Waals surface area contributed by atoms with E-state index >= 15 is 0 Å². The Morgan fingerprint density at radius 2 is 1.84 bits per heavy atom. The van der Waals surface area contributed by atoms with Crippen LogP contribution in [-0.4, -0.2) is 60.4 Å². The van der Waals surface area contributed by atoms with Gasteiger partial charge in [0.15, 0.2) is 0 Å². The number of rotatable bonds is 6. The van der Waals surface area contributed by atoms with Crippen LogP contribution in [0.2, 0.25) is 5.02 Å². The quantitative estimate of drug-likeness (QED) is 0.790. The molecule has 1 saturated heterocycles. The number of carbonyl (C=O) groups excluding carboxylic acids is 2. The van der Waals surface area contributed by atoms with E-state index in [4.69, 9.17) is 11.6 Å². The normalized spacial score (nSPS) is 18.7. The molecular formula is C19H26ClN3O2. The number of hydrogen-bond donors (Lipinski definition) is 1. The molecule has 2 fully saturated rings. The monoisotopic (exact) mass is 363 g/mol. The standard InChI is InChI=1S/C19H26ClN3O2/c20-16-6-4-15(5-7-16)19(25)21-10-1-3-18(24)23-12-2-11-22(13-14-23)17-8-9-17/h4-7,17H,1-3,8-14H2,(H,21,25). The molecule has 2 amide bonds. The highest BCUT2D eigenvalue weighted by atomic mass is 35.5. The molecule has 6 heteroatoms. The van der Waals surface area contributed by atoms with Crippen LogP contribution >= 0.6 is 11.6 Å². The van der Waals surface area contributed by atoms with Gasteiger partial charge in [-0.3, -0.25) is 14.5 Å². The molecule has 1 aliphatic heterocycles. The number of carbonyl (C=O) groups is 2. The number of nitrogens with zero attached hydrogens (tertiary/aromatic N) is 2. The van der Waals surface area contributed by atoms with Crippen LogP contribution in [-0.2, 0) is 4.79 Å². The molecule has 136 valence electrons. The summed E-state index contributed by atoms with van der Waals surface area (Å²) in [5.41, 5.74) is 0.586. The summed E-state index contributed by atoms with van der Waals surface area (Å²) >= 11 is 5.82. The first-order chi connectivity index (χ1) is 12.1. The van der Waals surface area contributed by atoms with Crippen LogP contribution < -0.4 is 5.32 Å². The van der Waals surface area contributed by atoms with Crippen LogP contribution in [0, 0.1) is 0 Å². The SMILES string of the molecule is O=C(NCCCC(=O)N1CCCN(C2CC2)CC1)c1ccc(Cl)cc1. The van der Waals surface area contributed by atoms with Gasteiger partial charge in [-0.25, -0.2) is 0 Å². The lowest BCUT2D eigenvalue weighted by molar-refractivity contribution is -0.131. The van der Waals surface area contributed by atoms with Crippen molar-refractivity contribution in [3.05, 3.63) is 34.9 Å². The fraction of sp³-hybridized carbons (Fsp3) is 0.579. The van der Waals surface area contributed by atoms with Gasteiger partial charge in [-0.1, -0.05) is 11.6 Å². The zero-order valence-electron chi connectivity index (χ0n) is 14.5. The summed E-state index contributed by atoms with van der Waals surface area (Å²) in [6, 6.07) is 7.57. The summed E-state index contributed by atoms with van der Waals surface area (Å²) in [7, 11) is 0. The van der Waals surface area contributed by atoms with E-state index in [9.17, 15) is 9.59 Å². The van der Waals surface area contributed by atoms with Gasteiger partial charge in [-0.2, -0.15) is 0 Å². The maximum Gasteiger partial charge on any atom is 0.251 e. The van der Waals surface area contributed by atoms with Crippen LogP contribution in [0.3, 0.4) is 0 Å². The van der Waals surface area contributed by atoms with E-state index in [0.717, 1.165) is 38.6 Å². The molecule has 1 heterocycles. The van der Waals surface area contributed by atoms with Crippen LogP contribution in [0.5, 0.6) is 0 Å². The molecule has 3 rings (SSSR count). The average molecular weight is 364 g/mol. The van der Waals surface area contributed by atoms with E-state index in [1.54, 1.807) is 24.3 Å². The van der Waals surface area contributed by atoms with Crippen LogP contribution in [0.4, 0.5) is 0 Å². The minimum Gasteiger partial charge on any atom is -0.352 e. The molecule has 0 atom stereocenters. The minimum absolute atomic E-state index is 0.126. The molecule has 0 spiro atoms. The molecule has 0 radical (unpaired) electrons. The number of hydrogen-bond acceptors (Lipinski definition) is 3. The first-order valence-electron chi connectivity index (χ1n) is 9.19. The van der Waals surface area contributed by atoms with Crippen LogP contribution in [0.15, 0.2) is 24.3 Å². The van der Waals surface area contributed by atoms with Crippen LogP contribution in [0.25, 0.3) is 0 Å². The van der Waals surface area contributed by atoms with Gasteiger partial charge < -0.3 is 10.2 Å². The molecule has 25 heavy (non-hydrogen) atoms. The Balaban J connectivity index is 1.34. The summed E-state index contributed by atoms with van der Waals surface area (Å²) in [6.07, 6.45) is 4.86. The largest absolute Gasteiger partial charge is 0.352 e. The molecule has 1 aliphatic carbocycles. The van der Waals surface area contributed by atoms with Crippen molar-refractivity contribution in [2.45, 2.75) is 38.1 Å². The van der Waals surface area contributed by atoms with Gasteiger partial charge in [0.1, 0.15) is 0 Å². The Hall–Kier alpha value is -1.59. The Bertz CT molecular complexity index is 601. The summed E-state index contributed by atoms with van der Waals surface area (Å²) in [5.74, 6) is 0.0809. The van der Waals surface area contributed by atoms with Crippen molar-refractivity contribution >= 4 is 23.4 Å². The van der Waals surface area contributed by atoms with E-state index in [1.807, 2.05) is 4.90 Å². The molecule has 2 aliphatic rings. The van der Waals surface area contributed by atoms with E-state index in [-0.39, 0.29) is 11.8 Å². The highest BCUT2D eigenvalue weighted by molar-refractivity contribution is 6.30. The second kappa shape index (κ2) is 8.68. The smallest absolute Gasteiger partial charge is 0.251 e. The van der Waals surface area contributed by atoms with Crippen molar-refractivity contribution in [1.29, 1.82) is 0 Å². The van der Waals surface area contributed by atoms with E-state index in [0.29, 0.717) is 30.0 Å². The number of benzene rings is 1.